The van der Waals surface area contributed by atoms with E-state index in [4.69, 9.17) is 4.74 Å². The molecule has 0 atom stereocenters. The Hall–Kier alpha value is -0.870. The molecule has 0 spiro atoms. The zero-order chi connectivity index (χ0) is 14.0. The average Bonchev–Trinajstić information content (AvgIpc) is 2.85. The molecule has 0 bridgehead atoms. The molecule has 4 heteroatoms. The number of halogens is 1. The maximum atomic E-state index is 12.3. The Morgan fingerprint density at radius 3 is 2.74 bits per heavy atom. The highest BCUT2D eigenvalue weighted by Crippen LogP contribution is 2.34. The van der Waals surface area contributed by atoms with Crippen molar-refractivity contribution in [2.45, 2.75) is 45.1 Å². The van der Waals surface area contributed by atoms with E-state index in [1.54, 1.807) is 0 Å². The van der Waals surface area contributed by atoms with Crippen LogP contribution in [0.3, 0.4) is 0 Å². The fourth-order valence-electron chi connectivity index (χ4n) is 2.46. The van der Waals surface area contributed by atoms with Gasteiger partial charge in [-0.1, -0.05) is 29.8 Å². The van der Waals surface area contributed by atoms with Crippen LogP contribution < -0.4 is 4.74 Å². The maximum absolute atomic E-state index is 12.3. The highest BCUT2D eigenvalue weighted by molar-refractivity contribution is 9.10. The van der Waals surface area contributed by atoms with Gasteiger partial charge in [0.1, 0.15) is 11.4 Å². The second-order valence-corrected chi connectivity index (χ2v) is 5.91. The number of ether oxygens (including phenoxy) is 1. The van der Waals surface area contributed by atoms with Gasteiger partial charge < -0.3 is 9.84 Å². The van der Waals surface area contributed by atoms with Gasteiger partial charge in [-0.25, -0.2) is 0 Å². The monoisotopic (exact) mass is 326 g/mol. The first-order valence-corrected chi connectivity index (χ1v) is 7.49. The molecule has 0 unspecified atom stereocenters. The van der Waals surface area contributed by atoms with E-state index < -0.39 is 5.60 Å². The molecule has 0 saturated carbocycles. The normalized spacial score (nSPS) is 14.1. The summed E-state index contributed by atoms with van der Waals surface area (Å²) in [6.07, 6.45) is 1.99. The van der Waals surface area contributed by atoms with Crippen LogP contribution >= 0.6 is 15.9 Å². The van der Waals surface area contributed by atoms with Crippen molar-refractivity contribution in [1.82, 2.24) is 0 Å². The van der Waals surface area contributed by atoms with E-state index >= 15 is 0 Å². The minimum Gasteiger partial charge on any atom is -0.493 e. The first-order chi connectivity index (χ1) is 9.00. The third-order valence-corrected chi connectivity index (χ3v) is 4.32. The summed E-state index contributed by atoms with van der Waals surface area (Å²) in [4.78, 5) is 12.3. The Morgan fingerprint density at radius 2 is 2.11 bits per heavy atom. The van der Waals surface area contributed by atoms with Crippen LogP contribution in [-0.4, -0.2) is 23.1 Å². The van der Waals surface area contributed by atoms with Crippen molar-refractivity contribution in [3.63, 3.8) is 0 Å². The Labute approximate surface area is 122 Å². The van der Waals surface area contributed by atoms with E-state index in [-0.39, 0.29) is 12.2 Å². The van der Waals surface area contributed by atoms with Gasteiger partial charge >= 0.3 is 0 Å². The summed E-state index contributed by atoms with van der Waals surface area (Å²) in [5.41, 5.74) is 0.786. The van der Waals surface area contributed by atoms with E-state index in [0.717, 1.165) is 27.8 Å². The van der Waals surface area contributed by atoms with Crippen LogP contribution in [0, 0.1) is 0 Å². The summed E-state index contributed by atoms with van der Waals surface area (Å²) in [5, 5.41) is 10.3. The summed E-state index contributed by atoms with van der Waals surface area (Å²) in [5.74, 6) is 0.694. The van der Waals surface area contributed by atoms with Gasteiger partial charge in [-0.2, -0.15) is 0 Å². The molecule has 0 aromatic heterocycles. The van der Waals surface area contributed by atoms with E-state index in [0.29, 0.717) is 19.4 Å². The fraction of sp³-hybridized carbons (Fsp3) is 0.533. The van der Waals surface area contributed by atoms with Crippen molar-refractivity contribution >= 4 is 21.7 Å². The van der Waals surface area contributed by atoms with Gasteiger partial charge in [-0.15, -0.1) is 0 Å². The van der Waals surface area contributed by atoms with Crippen LogP contribution in [0.1, 0.15) is 37.8 Å². The zero-order valence-corrected chi connectivity index (χ0v) is 12.9. The summed E-state index contributed by atoms with van der Waals surface area (Å²) in [7, 11) is 0. The predicted molar refractivity (Wildman–Crippen MR) is 77.6 cm³/mol. The Bertz CT molecular complexity index is 492. The first-order valence-electron chi connectivity index (χ1n) is 6.70. The molecular weight excluding hydrogens is 308 g/mol. The molecule has 3 nitrogen and oxygen atoms in total. The molecule has 1 heterocycles. The molecule has 1 aromatic rings. The second kappa shape index (κ2) is 5.63. The minimum atomic E-state index is -1.21. The van der Waals surface area contributed by atoms with Gasteiger partial charge in [0.15, 0.2) is 5.78 Å². The smallest absolute Gasteiger partial charge is 0.168 e. The highest BCUT2D eigenvalue weighted by atomic mass is 79.9. The number of carbonyl (C=O) groups is 1. The topological polar surface area (TPSA) is 46.5 Å². The second-order valence-electron chi connectivity index (χ2n) is 4.99. The van der Waals surface area contributed by atoms with Crippen LogP contribution in [-0.2, 0) is 17.6 Å². The van der Waals surface area contributed by atoms with Gasteiger partial charge in [0.25, 0.3) is 0 Å². The lowest BCUT2D eigenvalue weighted by Gasteiger charge is -2.23. The molecular formula is C15H19BrO3. The van der Waals surface area contributed by atoms with Crippen molar-refractivity contribution in [3.8, 4) is 5.75 Å². The maximum Gasteiger partial charge on any atom is 0.168 e. The number of fused-ring (bicyclic) bond motifs is 1. The van der Waals surface area contributed by atoms with Crippen LogP contribution in [0.25, 0.3) is 0 Å². The number of aliphatic hydroxyl groups is 1. The summed E-state index contributed by atoms with van der Waals surface area (Å²) >= 11 is 3.46. The van der Waals surface area contributed by atoms with E-state index in [9.17, 15) is 9.90 Å². The number of rotatable bonds is 5. The summed E-state index contributed by atoms with van der Waals surface area (Å²) < 4.78 is 6.57. The van der Waals surface area contributed by atoms with Crippen LogP contribution in [0.2, 0.25) is 0 Å². The lowest BCUT2D eigenvalue weighted by atomic mass is 9.88. The molecule has 2 rings (SSSR count). The third kappa shape index (κ3) is 2.84. The number of benzene rings is 1. The zero-order valence-electron chi connectivity index (χ0n) is 11.3. The summed E-state index contributed by atoms with van der Waals surface area (Å²) in [6.45, 7) is 4.34. The minimum absolute atomic E-state index is 0.131. The van der Waals surface area contributed by atoms with Crippen molar-refractivity contribution in [2.24, 2.45) is 0 Å². The van der Waals surface area contributed by atoms with Crippen molar-refractivity contribution in [1.29, 1.82) is 0 Å². The lowest BCUT2D eigenvalue weighted by Crippen LogP contribution is -2.38. The molecule has 0 radical (unpaired) electrons. The molecule has 0 saturated heterocycles. The van der Waals surface area contributed by atoms with Crippen LogP contribution in [0.5, 0.6) is 5.75 Å². The summed E-state index contributed by atoms with van der Waals surface area (Å²) in [6, 6.07) is 3.94. The van der Waals surface area contributed by atoms with Gasteiger partial charge in [-0.3, -0.25) is 4.79 Å². The predicted octanol–water partition coefficient (Wildman–Crippen LogP) is 3.05. The number of Topliss-reactive ketones (excluding diaryl/α,β-unsaturated/α-hetero) is 1. The molecule has 19 heavy (non-hydrogen) atoms. The molecule has 0 fully saturated rings. The van der Waals surface area contributed by atoms with Crippen molar-refractivity contribution < 1.29 is 14.6 Å². The molecule has 1 aliphatic rings. The Balaban J connectivity index is 2.27. The van der Waals surface area contributed by atoms with Gasteiger partial charge in [-0.05, 0) is 30.5 Å². The van der Waals surface area contributed by atoms with Crippen LogP contribution in [0.15, 0.2) is 16.6 Å². The number of hydrogen-bond donors (Lipinski definition) is 1. The van der Waals surface area contributed by atoms with Gasteiger partial charge in [0.2, 0.25) is 0 Å². The van der Waals surface area contributed by atoms with Crippen LogP contribution in [0.4, 0.5) is 0 Å². The largest absolute Gasteiger partial charge is 0.493 e. The highest BCUT2D eigenvalue weighted by Gasteiger charge is 2.32. The molecule has 0 aliphatic carbocycles. The van der Waals surface area contributed by atoms with E-state index in [1.165, 1.54) is 0 Å². The SMILES string of the molecule is CCC(O)(CC)C(=O)Cc1cc(Br)cc2c1OCC2. The molecule has 1 aromatic carbocycles. The lowest BCUT2D eigenvalue weighted by molar-refractivity contribution is -0.137. The Morgan fingerprint density at radius 1 is 1.42 bits per heavy atom. The fourth-order valence-corrected chi connectivity index (χ4v) is 3.01. The average molecular weight is 327 g/mol. The van der Waals surface area contributed by atoms with E-state index in [2.05, 4.69) is 15.9 Å². The third-order valence-electron chi connectivity index (χ3n) is 3.87. The van der Waals surface area contributed by atoms with Gasteiger partial charge in [0, 0.05) is 22.9 Å². The number of ketones is 1. The first kappa shape index (κ1) is 14.5. The standard InChI is InChI=1S/C15H19BrO3/c1-3-15(18,4-2)13(17)9-11-8-12(16)7-10-5-6-19-14(10)11/h7-8,18H,3-6,9H2,1-2H3. The van der Waals surface area contributed by atoms with Crippen molar-refractivity contribution in [3.05, 3.63) is 27.7 Å². The number of carbonyl (C=O) groups excluding carboxylic acids is 1. The number of hydrogen-bond acceptors (Lipinski definition) is 3. The molecule has 1 N–H and O–H groups in total. The molecule has 1 aliphatic heterocycles. The quantitative estimate of drug-likeness (QED) is 0.904. The van der Waals surface area contributed by atoms with Gasteiger partial charge in [0.05, 0.1) is 6.61 Å². The van der Waals surface area contributed by atoms with E-state index in [1.807, 2.05) is 26.0 Å². The Kier molecular flexibility index (Phi) is 4.31. The molecule has 104 valence electrons. The van der Waals surface area contributed by atoms with Crippen molar-refractivity contribution in [2.75, 3.05) is 6.61 Å². The molecule has 0 amide bonds.